The molecule has 0 spiro atoms. The van der Waals surface area contributed by atoms with Gasteiger partial charge in [0.25, 0.3) is 8.32 Å². The van der Waals surface area contributed by atoms with E-state index in [1.54, 1.807) is 4.68 Å². The molecule has 0 saturated heterocycles. The van der Waals surface area contributed by atoms with Gasteiger partial charge in [-0.1, -0.05) is 86.6 Å². The summed E-state index contributed by atoms with van der Waals surface area (Å²) < 4.78 is 8.67. The molecule has 0 atom stereocenters. The van der Waals surface area contributed by atoms with Gasteiger partial charge in [0.05, 0.1) is 18.2 Å². The zero-order valence-corrected chi connectivity index (χ0v) is 18.1. The Morgan fingerprint density at radius 3 is 1.93 bits per heavy atom. The first-order chi connectivity index (χ1) is 12.9. The molecule has 0 saturated carbocycles. The molecule has 1 heterocycles. The molecule has 3 aromatic rings. The van der Waals surface area contributed by atoms with Gasteiger partial charge >= 0.3 is 0 Å². The maximum absolute atomic E-state index is 6.91. The number of alkyl halides is 1. The summed E-state index contributed by atoms with van der Waals surface area (Å²) in [6, 6.07) is 21.2. The highest BCUT2D eigenvalue weighted by molar-refractivity contribution is 6.99. The van der Waals surface area contributed by atoms with Crippen LogP contribution in [0.1, 0.15) is 32.2 Å². The van der Waals surface area contributed by atoms with Crippen molar-refractivity contribution in [1.82, 2.24) is 15.0 Å². The number of hydrogen-bond acceptors (Lipinski definition) is 3. The van der Waals surface area contributed by atoms with Crippen LogP contribution >= 0.6 is 11.6 Å². The predicted molar refractivity (Wildman–Crippen MR) is 113 cm³/mol. The van der Waals surface area contributed by atoms with E-state index in [0.29, 0.717) is 12.5 Å². The Bertz CT molecular complexity index is 836. The number of aromatic nitrogens is 3. The van der Waals surface area contributed by atoms with Gasteiger partial charge in [0.1, 0.15) is 5.69 Å². The van der Waals surface area contributed by atoms with Crippen LogP contribution < -0.4 is 10.4 Å². The molecule has 6 heteroatoms. The van der Waals surface area contributed by atoms with Crippen molar-refractivity contribution in [2.24, 2.45) is 7.05 Å². The monoisotopic (exact) mass is 399 g/mol. The van der Waals surface area contributed by atoms with Gasteiger partial charge in [0.15, 0.2) is 0 Å². The van der Waals surface area contributed by atoms with Crippen molar-refractivity contribution < 1.29 is 4.43 Å². The molecule has 0 unspecified atom stereocenters. The maximum Gasteiger partial charge on any atom is 0.261 e. The average Bonchev–Trinajstić information content (AvgIpc) is 3.03. The maximum atomic E-state index is 6.91. The number of aryl methyl sites for hydroxylation is 1. The van der Waals surface area contributed by atoms with E-state index in [0.717, 1.165) is 11.4 Å². The lowest BCUT2D eigenvalue weighted by Crippen LogP contribution is -2.66. The van der Waals surface area contributed by atoms with Gasteiger partial charge in [-0.25, -0.2) is 4.68 Å². The standard InChI is InChI=1S/C21H26ClN3OSi/c1-21(2,3)27(17-11-7-5-8-12-17,18-13-9-6-10-14-18)26-16-20-19(15-22)23-24-25(20)4/h5-14H,15-16H2,1-4H3. The third-order valence-corrected chi connectivity index (χ3v) is 10.2. The molecule has 0 amide bonds. The van der Waals surface area contributed by atoms with Crippen LogP contribution in [-0.2, 0) is 24.0 Å². The van der Waals surface area contributed by atoms with Gasteiger partial charge in [-0.3, -0.25) is 0 Å². The third-order valence-electron chi connectivity index (χ3n) is 4.99. The number of nitrogens with zero attached hydrogens (tertiary/aromatic N) is 3. The van der Waals surface area contributed by atoms with Crippen molar-refractivity contribution in [3.63, 3.8) is 0 Å². The highest BCUT2D eigenvalue weighted by atomic mass is 35.5. The van der Waals surface area contributed by atoms with E-state index in [4.69, 9.17) is 16.0 Å². The molecular weight excluding hydrogens is 374 g/mol. The van der Waals surface area contributed by atoms with E-state index >= 15 is 0 Å². The van der Waals surface area contributed by atoms with Crippen molar-refractivity contribution in [3.8, 4) is 0 Å². The van der Waals surface area contributed by atoms with Crippen LogP contribution in [0, 0.1) is 0 Å². The summed E-state index contributed by atoms with van der Waals surface area (Å²) in [7, 11) is -0.694. The van der Waals surface area contributed by atoms with Crippen LogP contribution in [0.3, 0.4) is 0 Å². The van der Waals surface area contributed by atoms with Gasteiger partial charge in [-0.15, -0.1) is 16.7 Å². The molecule has 0 radical (unpaired) electrons. The molecular formula is C21H26ClN3OSi. The van der Waals surface area contributed by atoms with Crippen LogP contribution in [0.15, 0.2) is 60.7 Å². The summed E-state index contributed by atoms with van der Waals surface area (Å²) in [6.07, 6.45) is 0. The minimum atomic E-state index is -2.58. The van der Waals surface area contributed by atoms with Crippen molar-refractivity contribution in [3.05, 3.63) is 72.1 Å². The highest BCUT2D eigenvalue weighted by Crippen LogP contribution is 2.37. The predicted octanol–water partition coefficient (Wildman–Crippen LogP) is 3.63. The largest absolute Gasteiger partial charge is 0.401 e. The Kier molecular flexibility index (Phi) is 5.84. The van der Waals surface area contributed by atoms with E-state index in [1.165, 1.54) is 10.4 Å². The topological polar surface area (TPSA) is 39.9 Å². The van der Waals surface area contributed by atoms with E-state index in [2.05, 4.69) is 79.6 Å². The van der Waals surface area contributed by atoms with Crippen molar-refractivity contribution in [1.29, 1.82) is 0 Å². The second-order valence-corrected chi connectivity index (χ2v) is 12.3. The normalized spacial score (nSPS) is 12.3. The smallest absolute Gasteiger partial charge is 0.261 e. The Morgan fingerprint density at radius 1 is 0.963 bits per heavy atom. The fourth-order valence-electron chi connectivity index (χ4n) is 3.64. The zero-order chi connectivity index (χ0) is 19.5. The molecule has 1 aromatic heterocycles. The lowest BCUT2D eigenvalue weighted by molar-refractivity contribution is 0.275. The second kappa shape index (κ2) is 7.96. The molecule has 0 bridgehead atoms. The molecule has 0 aliphatic rings. The van der Waals surface area contributed by atoms with E-state index in [9.17, 15) is 0 Å². The van der Waals surface area contributed by atoms with Crippen LogP contribution in [0.4, 0.5) is 0 Å². The van der Waals surface area contributed by atoms with Crippen LogP contribution in [0.2, 0.25) is 5.04 Å². The number of rotatable bonds is 6. The lowest BCUT2D eigenvalue weighted by atomic mass is 10.2. The van der Waals surface area contributed by atoms with E-state index < -0.39 is 8.32 Å². The molecule has 2 aromatic carbocycles. The Hall–Kier alpha value is -1.95. The molecule has 0 fully saturated rings. The quantitative estimate of drug-likeness (QED) is 0.469. The summed E-state index contributed by atoms with van der Waals surface area (Å²) in [5.74, 6) is 0.327. The van der Waals surface area contributed by atoms with E-state index in [1.807, 2.05) is 19.2 Å². The van der Waals surface area contributed by atoms with Crippen LogP contribution in [0.5, 0.6) is 0 Å². The van der Waals surface area contributed by atoms with Crippen molar-refractivity contribution >= 4 is 30.3 Å². The zero-order valence-electron chi connectivity index (χ0n) is 16.3. The Labute approximate surface area is 167 Å². The minimum absolute atomic E-state index is 0.0666. The first-order valence-electron chi connectivity index (χ1n) is 9.08. The first kappa shape index (κ1) is 19.8. The summed E-state index contributed by atoms with van der Waals surface area (Å²) in [6.45, 7) is 7.23. The molecule has 142 valence electrons. The van der Waals surface area contributed by atoms with Gasteiger partial charge in [0, 0.05) is 7.05 Å². The summed E-state index contributed by atoms with van der Waals surface area (Å²) >= 11 is 6.06. The molecule has 3 rings (SSSR count). The molecule has 0 N–H and O–H groups in total. The number of halogens is 1. The summed E-state index contributed by atoms with van der Waals surface area (Å²) in [4.78, 5) is 0. The summed E-state index contributed by atoms with van der Waals surface area (Å²) in [5.41, 5.74) is 1.70. The molecule has 0 aliphatic carbocycles. The van der Waals surface area contributed by atoms with E-state index in [-0.39, 0.29) is 5.04 Å². The number of benzene rings is 2. The minimum Gasteiger partial charge on any atom is -0.401 e. The SMILES string of the molecule is Cn1nnc(CCl)c1CO[Si](c1ccccc1)(c1ccccc1)C(C)(C)C. The second-order valence-electron chi connectivity index (χ2n) is 7.69. The third kappa shape index (κ3) is 3.72. The summed E-state index contributed by atoms with van der Waals surface area (Å²) in [5, 5.41) is 10.7. The highest BCUT2D eigenvalue weighted by Gasteiger charge is 2.50. The molecule has 0 aliphatic heterocycles. The average molecular weight is 400 g/mol. The Morgan fingerprint density at radius 2 is 1.48 bits per heavy atom. The van der Waals surface area contributed by atoms with Gasteiger partial charge in [-0.05, 0) is 15.4 Å². The van der Waals surface area contributed by atoms with Crippen LogP contribution in [0.25, 0.3) is 0 Å². The van der Waals surface area contributed by atoms with Crippen LogP contribution in [-0.4, -0.2) is 23.3 Å². The molecule has 4 nitrogen and oxygen atoms in total. The molecule has 27 heavy (non-hydrogen) atoms. The van der Waals surface area contributed by atoms with Crippen molar-refractivity contribution in [2.75, 3.05) is 0 Å². The van der Waals surface area contributed by atoms with Gasteiger partial charge in [0.2, 0.25) is 0 Å². The van der Waals surface area contributed by atoms with Crippen molar-refractivity contribution in [2.45, 2.75) is 38.3 Å². The van der Waals surface area contributed by atoms with Gasteiger partial charge < -0.3 is 4.43 Å². The number of hydrogen-bond donors (Lipinski definition) is 0. The Balaban J connectivity index is 2.13. The lowest BCUT2D eigenvalue weighted by Gasteiger charge is -2.43. The fourth-order valence-corrected chi connectivity index (χ4v) is 8.35. The first-order valence-corrected chi connectivity index (χ1v) is 11.5. The van der Waals surface area contributed by atoms with Gasteiger partial charge in [-0.2, -0.15) is 0 Å². The fraction of sp³-hybridized carbons (Fsp3) is 0.333.